The van der Waals surface area contributed by atoms with Gasteiger partial charge < -0.3 is 20.9 Å². The number of hydrogen-bond donors (Lipinski definition) is 2. The Kier molecular flexibility index (Phi) is 3.42. The molecule has 19 heavy (non-hydrogen) atoms. The van der Waals surface area contributed by atoms with Gasteiger partial charge in [-0.3, -0.25) is 4.79 Å². The fourth-order valence-corrected chi connectivity index (χ4v) is 1.28. The van der Waals surface area contributed by atoms with Gasteiger partial charge in [0.15, 0.2) is 0 Å². The molecule has 2 aromatic rings. The number of methoxy groups -OCH3 is 1. The smallest absolute Gasteiger partial charge is 0.330 e. The van der Waals surface area contributed by atoms with E-state index in [1.807, 2.05) is 0 Å². The summed E-state index contributed by atoms with van der Waals surface area (Å²) in [6.07, 6.45) is 0. The Bertz CT molecular complexity index is 600. The monoisotopic (exact) mass is 261 g/mol. The summed E-state index contributed by atoms with van der Waals surface area (Å²) in [6.45, 7) is 0. The van der Waals surface area contributed by atoms with Crippen LogP contribution in [0, 0.1) is 0 Å². The zero-order valence-electron chi connectivity index (χ0n) is 10.0. The lowest BCUT2D eigenvalue weighted by Crippen LogP contribution is -2.10. The molecule has 0 unspecified atom stereocenters. The zero-order valence-corrected chi connectivity index (χ0v) is 10.0. The summed E-state index contributed by atoms with van der Waals surface area (Å²) in [5.41, 5.74) is 11.0. The van der Waals surface area contributed by atoms with Crippen molar-refractivity contribution in [2.45, 2.75) is 0 Å². The molecule has 0 aliphatic carbocycles. The molecule has 0 fully saturated rings. The molecule has 0 atom stereocenters. The second-order valence-electron chi connectivity index (χ2n) is 3.45. The summed E-state index contributed by atoms with van der Waals surface area (Å²) in [6, 6.07) is 6.23. The van der Waals surface area contributed by atoms with E-state index in [1.54, 1.807) is 12.1 Å². The number of carbonyl (C=O) groups excluding carboxylic acids is 1. The standard InChI is InChI=1S/C11H11N5O3/c1-18-10-14-9(13)15-11(16-10)19-7-4-2-6(3-5-7)8(12)17/h2-5H,1H3,(H2,12,17)(H2,13,14,15,16). The van der Waals surface area contributed by atoms with E-state index in [0.717, 1.165) is 0 Å². The minimum atomic E-state index is -0.516. The number of ether oxygens (including phenoxy) is 2. The Hall–Kier alpha value is -2.90. The van der Waals surface area contributed by atoms with Crippen molar-refractivity contribution in [3.8, 4) is 17.8 Å². The molecule has 98 valence electrons. The summed E-state index contributed by atoms with van der Waals surface area (Å²) >= 11 is 0. The van der Waals surface area contributed by atoms with Crippen LogP contribution in [-0.2, 0) is 0 Å². The maximum Gasteiger partial charge on any atom is 0.330 e. The fourth-order valence-electron chi connectivity index (χ4n) is 1.28. The van der Waals surface area contributed by atoms with Crippen LogP contribution in [0.4, 0.5) is 5.95 Å². The summed E-state index contributed by atoms with van der Waals surface area (Å²) in [4.78, 5) is 22.3. The fraction of sp³-hybridized carbons (Fsp3) is 0.0909. The van der Waals surface area contributed by atoms with Gasteiger partial charge in [-0.25, -0.2) is 0 Å². The van der Waals surface area contributed by atoms with Crippen LogP contribution in [0.2, 0.25) is 0 Å². The molecule has 0 aliphatic heterocycles. The number of benzene rings is 1. The van der Waals surface area contributed by atoms with Crippen molar-refractivity contribution in [3.63, 3.8) is 0 Å². The summed E-state index contributed by atoms with van der Waals surface area (Å²) in [5.74, 6) is -0.106. The van der Waals surface area contributed by atoms with E-state index in [4.69, 9.17) is 20.9 Å². The van der Waals surface area contributed by atoms with Gasteiger partial charge in [0.1, 0.15) is 5.75 Å². The third-order valence-corrected chi connectivity index (χ3v) is 2.14. The number of nitrogens with two attached hydrogens (primary N) is 2. The molecular weight excluding hydrogens is 250 g/mol. The third kappa shape index (κ3) is 3.06. The molecule has 0 saturated heterocycles. The first kappa shape index (κ1) is 12.6. The maximum atomic E-state index is 10.9. The highest BCUT2D eigenvalue weighted by molar-refractivity contribution is 5.92. The number of rotatable bonds is 4. The van der Waals surface area contributed by atoms with Crippen LogP contribution >= 0.6 is 0 Å². The highest BCUT2D eigenvalue weighted by Gasteiger charge is 2.07. The van der Waals surface area contributed by atoms with Crippen LogP contribution < -0.4 is 20.9 Å². The van der Waals surface area contributed by atoms with Gasteiger partial charge >= 0.3 is 12.0 Å². The first-order valence-electron chi connectivity index (χ1n) is 5.22. The molecule has 0 spiro atoms. The van der Waals surface area contributed by atoms with Crippen molar-refractivity contribution in [2.75, 3.05) is 12.8 Å². The lowest BCUT2D eigenvalue weighted by Gasteiger charge is -2.05. The van der Waals surface area contributed by atoms with Crippen LogP contribution in [0.3, 0.4) is 0 Å². The number of nitrogens with zero attached hydrogens (tertiary/aromatic N) is 3. The van der Waals surface area contributed by atoms with Gasteiger partial charge in [-0.05, 0) is 24.3 Å². The number of amides is 1. The van der Waals surface area contributed by atoms with Gasteiger partial charge in [-0.1, -0.05) is 0 Å². The molecule has 8 nitrogen and oxygen atoms in total. The van der Waals surface area contributed by atoms with E-state index in [-0.39, 0.29) is 18.0 Å². The van der Waals surface area contributed by atoms with Gasteiger partial charge in [0.25, 0.3) is 0 Å². The number of aromatic nitrogens is 3. The average Bonchev–Trinajstić information content (AvgIpc) is 2.38. The zero-order chi connectivity index (χ0) is 13.8. The van der Waals surface area contributed by atoms with Crippen LogP contribution in [-0.4, -0.2) is 28.0 Å². The topological polar surface area (TPSA) is 126 Å². The lowest BCUT2D eigenvalue weighted by atomic mass is 10.2. The number of anilines is 1. The van der Waals surface area contributed by atoms with Crippen molar-refractivity contribution < 1.29 is 14.3 Å². The Morgan fingerprint density at radius 1 is 1.11 bits per heavy atom. The molecule has 8 heteroatoms. The van der Waals surface area contributed by atoms with E-state index in [2.05, 4.69) is 15.0 Å². The predicted octanol–water partition coefficient (Wildman–Crippen LogP) is 0.354. The highest BCUT2D eigenvalue weighted by Crippen LogP contribution is 2.20. The largest absolute Gasteiger partial charge is 0.467 e. The van der Waals surface area contributed by atoms with Crippen LogP contribution in [0.15, 0.2) is 24.3 Å². The normalized spacial score (nSPS) is 9.95. The van der Waals surface area contributed by atoms with E-state index in [9.17, 15) is 4.79 Å². The van der Waals surface area contributed by atoms with Gasteiger partial charge in [0.05, 0.1) is 7.11 Å². The molecule has 4 N–H and O–H groups in total. The first-order valence-corrected chi connectivity index (χ1v) is 5.22. The van der Waals surface area contributed by atoms with E-state index in [0.29, 0.717) is 11.3 Å². The second kappa shape index (κ2) is 5.17. The molecular formula is C11H11N5O3. The second-order valence-corrected chi connectivity index (χ2v) is 3.45. The van der Waals surface area contributed by atoms with Crippen LogP contribution in [0.5, 0.6) is 17.8 Å². The molecule has 1 aromatic carbocycles. The van der Waals surface area contributed by atoms with Gasteiger partial charge in [0.2, 0.25) is 11.9 Å². The Balaban J connectivity index is 2.21. The molecule has 0 bridgehead atoms. The van der Waals surface area contributed by atoms with Gasteiger partial charge in [-0.2, -0.15) is 9.97 Å². The number of nitrogen functional groups attached to an aromatic ring is 1. The van der Waals surface area contributed by atoms with Crippen molar-refractivity contribution in [1.82, 2.24) is 15.0 Å². The van der Waals surface area contributed by atoms with Crippen molar-refractivity contribution in [3.05, 3.63) is 29.8 Å². The predicted molar refractivity (Wildman–Crippen MR) is 65.8 cm³/mol. The van der Waals surface area contributed by atoms with E-state index < -0.39 is 5.91 Å². The molecule has 0 aliphatic rings. The third-order valence-electron chi connectivity index (χ3n) is 2.14. The Labute approximate surface area is 108 Å². The van der Waals surface area contributed by atoms with Crippen molar-refractivity contribution in [2.24, 2.45) is 5.73 Å². The van der Waals surface area contributed by atoms with Gasteiger partial charge in [-0.15, -0.1) is 4.98 Å². The molecule has 0 radical (unpaired) electrons. The SMILES string of the molecule is COc1nc(N)nc(Oc2ccc(C(N)=O)cc2)n1. The number of hydrogen-bond acceptors (Lipinski definition) is 7. The molecule has 0 saturated carbocycles. The lowest BCUT2D eigenvalue weighted by molar-refractivity contribution is 0.100. The van der Waals surface area contributed by atoms with Crippen molar-refractivity contribution in [1.29, 1.82) is 0 Å². The maximum absolute atomic E-state index is 10.9. The van der Waals surface area contributed by atoms with Crippen molar-refractivity contribution >= 4 is 11.9 Å². The molecule has 1 amide bonds. The Morgan fingerprint density at radius 2 is 1.74 bits per heavy atom. The molecule has 1 heterocycles. The number of carbonyl (C=O) groups is 1. The summed E-state index contributed by atoms with van der Waals surface area (Å²) in [7, 11) is 1.40. The quantitative estimate of drug-likeness (QED) is 0.813. The first-order chi connectivity index (χ1) is 9.08. The van der Waals surface area contributed by atoms with Crippen LogP contribution in [0.25, 0.3) is 0 Å². The minimum absolute atomic E-state index is 0.00354. The van der Waals surface area contributed by atoms with Crippen LogP contribution in [0.1, 0.15) is 10.4 Å². The minimum Gasteiger partial charge on any atom is -0.467 e. The highest BCUT2D eigenvalue weighted by atomic mass is 16.5. The van der Waals surface area contributed by atoms with Gasteiger partial charge in [0, 0.05) is 5.56 Å². The van der Waals surface area contributed by atoms with E-state index >= 15 is 0 Å². The summed E-state index contributed by atoms with van der Waals surface area (Å²) in [5, 5.41) is 0. The Morgan fingerprint density at radius 3 is 2.32 bits per heavy atom. The number of primary amides is 1. The summed E-state index contributed by atoms with van der Waals surface area (Å²) < 4.78 is 10.2. The molecule has 2 rings (SSSR count). The average molecular weight is 261 g/mol. The molecule has 1 aromatic heterocycles. The van der Waals surface area contributed by atoms with E-state index in [1.165, 1.54) is 19.2 Å².